The van der Waals surface area contributed by atoms with Crippen LogP contribution in [0.2, 0.25) is 0 Å². The van der Waals surface area contributed by atoms with Crippen LogP contribution in [0.5, 0.6) is 0 Å². The van der Waals surface area contributed by atoms with Crippen molar-refractivity contribution in [3.63, 3.8) is 0 Å². The van der Waals surface area contributed by atoms with Crippen molar-refractivity contribution in [2.24, 2.45) is 0 Å². The molecule has 0 radical (unpaired) electrons. The quantitative estimate of drug-likeness (QED) is 0.742. The maximum absolute atomic E-state index is 12.0. The average Bonchev–Trinajstić information content (AvgIpc) is 2.42. The number of anilines is 1. The first kappa shape index (κ1) is 15.8. The highest BCUT2D eigenvalue weighted by Gasteiger charge is 2.23. The maximum atomic E-state index is 12.0. The summed E-state index contributed by atoms with van der Waals surface area (Å²) in [6.07, 6.45) is 1.58. The first-order valence-corrected chi connectivity index (χ1v) is 6.39. The molecule has 1 aromatic carbocycles. The van der Waals surface area contributed by atoms with Gasteiger partial charge in [-0.05, 0) is 26.0 Å². The first-order valence-electron chi connectivity index (χ1n) is 6.39. The third-order valence-corrected chi connectivity index (χ3v) is 2.94. The normalized spacial score (nSPS) is 11.5. The number of hydrogen-bond donors (Lipinski definition) is 2. The Morgan fingerprint density at radius 2 is 2.00 bits per heavy atom. The van der Waals surface area contributed by atoms with Gasteiger partial charge in [-0.2, -0.15) is 0 Å². The van der Waals surface area contributed by atoms with Crippen molar-refractivity contribution >= 4 is 17.6 Å². The van der Waals surface area contributed by atoms with Crippen LogP contribution in [-0.2, 0) is 9.59 Å². The molecule has 1 rings (SSSR count). The largest absolute Gasteiger partial charge is 0.480 e. The lowest BCUT2D eigenvalue weighted by molar-refractivity contribution is -0.135. The number of carbonyl (C=O) groups excluding carboxylic acids is 1. The van der Waals surface area contributed by atoms with Crippen LogP contribution in [0.3, 0.4) is 0 Å². The lowest BCUT2D eigenvalue weighted by Crippen LogP contribution is -2.47. The van der Waals surface area contributed by atoms with E-state index in [1.807, 2.05) is 31.2 Å². The Balaban J connectivity index is 2.93. The molecule has 0 saturated heterocycles. The van der Waals surface area contributed by atoms with Gasteiger partial charge in [0.1, 0.15) is 12.6 Å². The van der Waals surface area contributed by atoms with Crippen LogP contribution in [0.25, 0.3) is 0 Å². The van der Waals surface area contributed by atoms with Gasteiger partial charge >= 0.3 is 5.97 Å². The molecule has 1 atom stereocenters. The maximum Gasteiger partial charge on any atom is 0.323 e. The summed E-state index contributed by atoms with van der Waals surface area (Å²) in [7, 11) is 0. The third-order valence-electron chi connectivity index (χ3n) is 2.94. The van der Waals surface area contributed by atoms with Gasteiger partial charge in [0, 0.05) is 12.2 Å². The van der Waals surface area contributed by atoms with Crippen LogP contribution < -0.4 is 10.2 Å². The minimum atomic E-state index is -0.978. The smallest absolute Gasteiger partial charge is 0.323 e. The molecule has 0 aliphatic rings. The highest BCUT2D eigenvalue weighted by molar-refractivity contribution is 5.87. The molecule has 0 bridgehead atoms. The van der Waals surface area contributed by atoms with Gasteiger partial charge in [-0.1, -0.05) is 23.8 Å². The van der Waals surface area contributed by atoms with Crippen LogP contribution in [0.4, 0.5) is 5.69 Å². The number of aryl methyl sites for hydroxylation is 1. The fourth-order valence-electron chi connectivity index (χ4n) is 1.80. The molecule has 0 heterocycles. The first-order chi connectivity index (χ1) is 9.45. The topological polar surface area (TPSA) is 69.6 Å². The van der Waals surface area contributed by atoms with Crippen molar-refractivity contribution in [1.82, 2.24) is 5.32 Å². The molecule has 0 saturated carbocycles. The monoisotopic (exact) mass is 276 g/mol. The molecular weight excluding hydrogens is 256 g/mol. The molecule has 108 valence electrons. The summed E-state index contributed by atoms with van der Waals surface area (Å²) >= 11 is 0. The van der Waals surface area contributed by atoms with E-state index in [0.29, 0.717) is 12.2 Å². The molecule has 2 N–H and O–H groups in total. The van der Waals surface area contributed by atoms with Gasteiger partial charge in [0.2, 0.25) is 5.91 Å². The standard InChI is InChI=1S/C15H20N2O3/c1-4-9-16-15(20)12(3)17(10-14(18)19)13-7-5-11(2)6-8-13/h4-8,12H,1,9-10H2,2-3H3,(H,16,20)(H,18,19). The van der Waals surface area contributed by atoms with E-state index >= 15 is 0 Å². The molecule has 5 nitrogen and oxygen atoms in total. The van der Waals surface area contributed by atoms with Crippen LogP contribution in [-0.4, -0.2) is 36.1 Å². The molecule has 20 heavy (non-hydrogen) atoms. The lowest BCUT2D eigenvalue weighted by Gasteiger charge is -2.29. The zero-order chi connectivity index (χ0) is 15.1. The summed E-state index contributed by atoms with van der Waals surface area (Å²) < 4.78 is 0. The lowest BCUT2D eigenvalue weighted by atomic mass is 10.1. The van der Waals surface area contributed by atoms with Gasteiger partial charge in [-0.3, -0.25) is 9.59 Å². The SMILES string of the molecule is C=CCNC(=O)C(C)N(CC(=O)O)c1ccc(C)cc1. The Bertz CT molecular complexity index is 482. The summed E-state index contributed by atoms with van der Waals surface area (Å²) in [6.45, 7) is 7.29. The summed E-state index contributed by atoms with van der Waals surface area (Å²) in [4.78, 5) is 24.5. The zero-order valence-corrected chi connectivity index (χ0v) is 11.8. The third kappa shape index (κ3) is 4.42. The van der Waals surface area contributed by atoms with Crippen molar-refractivity contribution < 1.29 is 14.7 Å². The molecule has 0 spiro atoms. The van der Waals surface area contributed by atoms with Gasteiger partial charge in [0.25, 0.3) is 0 Å². The number of benzene rings is 1. The van der Waals surface area contributed by atoms with Crippen LogP contribution in [0.15, 0.2) is 36.9 Å². The van der Waals surface area contributed by atoms with Crippen molar-refractivity contribution in [1.29, 1.82) is 0 Å². The zero-order valence-electron chi connectivity index (χ0n) is 11.8. The van der Waals surface area contributed by atoms with Gasteiger partial charge in [-0.15, -0.1) is 6.58 Å². The number of nitrogens with one attached hydrogen (secondary N) is 1. The molecule has 1 amide bonds. The van der Waals surface area contributed by atoms with Crippen LogP contribution in [0, 0.1) is 6.92 Å². The molecule has 0 fully saturated rings. The van der Waals surface area contributed by atoms with Crippen molar-refractivity contribution in [3.05, 3.63) is 42.5 Å². The Morgan fingerprint density at radius 1 is 1.40 bits per heavy atom. The molecular formula is C15H20N2O3. The van der Waals surface area contributed by atoms with Crippen LogP contribution >= 0.6 is 0 Å². The van der Waals surface area contributed by atoms with Gasteiger partial charge in [-0.25, -0.2) is 0 Å². The Morgan fingerprint density at radius 3 is 2.50 bits per heavy atom. The molecule has 0 aromatic heterocycles. The molecule has 5 heteroatoms. The summed E-state index contributed by atoms with van der Waals surface area (Å²) in [6, 6.07) is 6.83. The Kier molecular flexibility index (Phi) is 5.77. The fourth-order valence-corrected chi connectivity index (χ4v) is 1.80. The molecule has 1 unspecified atom stereocenters. The number of carbonyl (C=O) groups is 2. The molecule has 0 aliphatic carbocycles. The highest BCUT2D eigenvalue weighted by Crippen LogP contribution is 2.17. The van der Waals surface area contributed by atoms with E-state index in [2.05, 4.69) is 11.9 Å². The fraction of sp³-hybridized carbons (Fsp3) is 0.333. The summed E-state index contributed by atoms with van der Waals surface area (Å²) in [5.41, 5.74) is 1.78. The Hall–Kier alpha value is -2.30. The van der Waals surface area contributed by atoms with Crippen LogP contribution in [0.1, 0.15) is 12.5 Å². The molecule has 0 aliphatic heterocycles. The number of amides is 1. The van der Waals surface area contributed by atoms with Crippen molar-refractivity contribution in [2.75, 3.05) is 18.0 Å². The predicted molar refractivity (Wildman–Crippen MR) is 78.8 cm³/mol. The second-order valence-electron chi connectivity index (χ2n) is 4.57. The second kappa shape index (κ2) is 7.33. The van der Waals surface area contributed by atoms with E-state index in [0.717, 1.165) is 5.56 Å². The molecule has 1 aromatic rings. The van der Waals surface area contributed by atoms with E-state index < -0.39 is 12.0 Å². The number of carboxylic acids is 1. The van der Waals surface area contributed by atoms with E-state index in [4.69, 9.17) is 5.11 Å². The summed E-state index contributed by atoms with van der Waals surface area (Å²) in [5.74, 6) is -1.21. The highest BCUT2D eigenvalue weighted by atomic mass is 16.4. The summed E-state index contributed by atoms with van der Waals surface area (Å²) in [5, 5.41) is 11.7. The minimum Gasteiger partial charge on any atom is -0.480 e. The number of aliphatic carboxylic acids is 1. The van der Waals surface area contributed by atoms with E-state index in [9.17, 15) is 9.59 Å². The number of carboxylic acid groups (broad SMARTS) is 1. The van der Waals surface area contributed by atoms with Gasteiger partial charge in [0.15, 0.2) is 0 Å². The average molecular weight is 276 g/mol. The van der Waals surface area contributed by atoms with E-state index in [1.54, 1.807) is 17.9 Å². The second-order valence-corrected chi connectivity index (χ2v) is 4.57. The number of rotatable bonds is 7. The Labute approximate surface area is 118 Å². The van der Waals surface area contributed by atoms with E-state index in [-0.39, 0.29) is 12.5 Å². The number of hydrogen-bond acceptors (Lipinski definition) is 3. The van der Waals surface area contributed by atoms with Crippen molar-refractivity contribution in [2.45, 2.75) is 19.9 Å². The number of nitrogens with zero attached hydrogens (tertiary/aromatic N) is 1. The van der Waals surface area contributed by atoms with E-state index in [1.165, 1.54) is 0 Å². The minimum absolute atomic E-state index is 0.230. The van der Waals surface area contributed by atoms with Crippen molar-refractivity contribution in [3.8, 4) is 0 Å². The van der Waals surface area contributed by atoms with Gasteiger partial charge < -0.3 is 15.3 Å². The predicted octanol–water partition coefficient (Wildman–Crippen LogP) is 1.58. The van der Waals surface area contributed by atoms with Gasteiger partial charge in [0.05, 0.1) is 0 Å².